The van der Waals surface area contributed by atoms with E-state index < -0.39 is 0 Å². The monoisotopic (exact) mass is 346 g/mol. The number of hydrogen-bond acceptors (Lipinski definition) is 5. The van der Waals surface area contributed by atoms with Crippen LogP contribution in [0.4, 0.5) is 10.5 Å². The molecule has 0 aliphatic rings. The van der Waals surface area contributed by atoms with Crippen molar-refractivity contribution in [2.45, 2.75) is 13.0 Å². The second-order valence-electron chi connectivity index (χ2n) is 5.32. The van der Waals surface area contributed by atoms with Crippen molar-refractivity contribution in [2.24, 2.45) is 0 Å². The average molecular weight is 346 g/mol. The molecule has 2 rings (SSSR count). The topological polar surface area (TPSA) is 100 Å². The Balaban J connectivity index is 1.91. The van der Waals surface area contributed by atoms with Gasteiger partial charge in [-0.15, -0.1) is 0 Å². The number of nitrogens with one attached hydrogen (secondary N) is 2. The number of urea groups is 1. The zero-order valence-corrected chi connectivity index (χ0v) is 14.2. The highest BCUT2D eigenvalue weighted by molar-refractivity contribution is 5.91. The maximum atomic E-state index is 12.0. The SMILES string of the molecule is COc1ccc(OC)c(NC(=O)NCCc2ccc(O)c(CO)c2)c1. The summed E-state index contributed by atoms with van der Waals surface area (Å²) >= 11 is 0. The number of anilines is 1. The third-order valence-electron chi connectivity index (χ3n) is 3.67. The van der Waals surface area contributed by atoms with Gasteiger partial charge in [0, 0.05) is 18.2 Å². The Kier molecular flexibility index (Phi) is 6.47. The maximum absolute atomic E-state index is 12.0. The summed E-state index contributed by atoms with van der Waals surface area (Å²) in [6, 6.07) is 9.74. The molecule has 0 heterocycles. The lowest BCUT2D eigenvalue weighted by Gasteiger charge is -2.12. The van der Waals surface area contributed by atoms with Crippen LogP contribution in [0.1, 0.15) is 11.1 Å². The molecule has 0 saturated heterocycles. The van der Waals surface area contributed by atoms with E-state index in [-0.39, 0.29) is 18.4 Å². The van der Waals surface area contributed by atoms with E-state index in [1.54, 1.807) is 37.4 Å². The quantitative estimate of drug-likeness (QED) is 0.616. The van der Waals surface area contributed by atoms with Crippen molar-refractivity contribution in [1.29, 1.82) is 0 Å². The fourth-order valence-electron chi connectivity index (χ4n) is 2.32. The summed E-state index contributed by atoms with van der Waals surface area (Å²) < 4.78 is 10.3. The summed E-state index contributed by atoms with van der Waals surface area (Å²) in [4.78, 5) is 12.0. The van der Waals surface area contributed by atoms with Crippen LogP contribution in [0.15, 0.2) is 36.4 Å². The smallest absolute Gasteiger partial charge is 0.319 e. The molecule has 0 radical (unpaired) electrons. The van der Waals surface area contributed by atoms with Gasteiger partial charge in [0.25, 0.3) is 0 Å². The van der Waals surface area contributed by atoms with Gasteiger partial charge in [-0.25, -0.2) is 4.79 Å². The van der Waals surface area contributed by atoms with Crippen LogP contribution < -0.4 is 20.1 Å². The standard InChI is InChI=1S/C18H22N2O5/c1-24-14-4-6-17(25-2)15(10-14)20-18(23)19-8-7-12-3-5-16(22)13(9-12)11-21/h3-6,9-10,21-22H,7-8,11H2,1-2H3,(H2,19,20,23). The van der Waals surface area contributed by atoms with Gasteiger partial charge in [0.05, 0.1) is 26.5 Å². The van der Waals surface area contributed by atoms with Gasteiger partial charge in [-0.3, -0.25) is 0 Å². The van der Waals surface area contributed by atoms with Crippen LogP contribution in [-0.4, -0.2) is 37.0 Å². The number of phenols is 1. The van der Waals surface area contributed by atoms with Crippen LogP contribution in [0.5, 0.6) is 17.2 Å². The molecule has 0 aromatic heterocycles. The van der Waals surface area contributed by atoms with Crippen LogP contribution in [0, 0.1) is 0 Å². The lowest BCUT2D eigenvalue weighted by atomic mass is 10.1. The molecule has 0 fully saturated rings. The maximum Gasteiger partial charge on any atom is 0.319 e. The molecule has 25 heavy (non-hydrogen) atoms. The van der Waals surface area contributed by atoms with E-state index in [0.717, 1.165) is 5.56 Å². The van der Waals surface area contributed by atoms with E-state index >= 15 is 0 Å². The van der Waals surface area contributed by atoms with Crippen molar-refractivity contribution < 1.29 is 24.5 Å². The summed E-state index contributed by atoms with van der Waals surface area (Å²) in [6.45, 7) is 0.164. The number of amides is 2. The number of hydrogen-bond donors (Lipinski definition) is 4. The van der Waals surface area contributed by atoms with Crippen LogP contribution in [0.25, 0.3) is 0 Å². The molecule has 0 aliphatic carbocycles. The molecule has 2 amide bonds. The van der Waals surface area contributed by atoms with Gasteiger partial charge in [-0.1, -0.05) is 6.07 Å². The van der Waals surface area contributed by atoms with Crippen LogP contribution in [0.2, 0.25) is 0 Å². The molecule has 0 spiro atoms. The Morgan fingerprint density at radius 3 is 2.60 bits per heavy atom. The van der Waals surface area contributed by atoms with E-state index in [2.05, 4.69) is 10.6 Å². The molecule has 2 aromatic carbocycles. The highest BCUT2D eigenvalue weighted by Crippen LogP contribution is 2.28. The number of benzene rings is 2. The highest BCUT2D eigenvalue weighted by Gasteiger charge is 2.09. The van der Waals surface area contributed by atoms with Crippen LogP contribution in [0.3, 0.4) is 0 Å². The van der Waals surface area contributed by atoms with Gasteiger partial charge >= 0.3 is 6.03 Å². The van der Waals surface area contributed by atoms with E-state index in [0.29, 0.717) is 35.7 Å². The van der Waals surface area contributed by atoms with Crippen molar-refractivity contribution in [3.8, 4) is 17.2 Å². The van der Waals surface area contributed by atoms with E-state index in [4.69, 9.17) is 14.6 Å². The normalized spacial score (nSPS) is 10.2. The second-order valence-corrected chi connectivity index (χ2v) is 5.32. The van der Waals surface area contributed by atoms with Crippen LogP contribution >= 0.6 is 0 Å². The first-order valence-electron chi connectivity index (χ1n) is 7.76. The van der Waals surface area contributed by atoms with Gasteiger partial charge in [0.15, 0.2) is 0 Å². The number of aliphatic hydroxyl groups excluding tert-OH is 1. The second kappa shape index (κ2) is 8.79. The van der Waals surface area contributed by atoms with Crippen molar-refractivity contribution in [1.82, 2.24) is 5.32 Å². The first-order chi connectivity index (χ1) is 12.1. The van der Waals surface area contributed by atoms with E-state index in [1.807, 2.05) is 0 Å². The zero-order chi connectivity index (χ0) is 18.2. The molecule has 134 valence electrons. The summed E-state index contributed by atoms with van der Waals surface area (Å²) in [5.74, 6) is 1.20. The van der Waals surface area contributed by atoms with Gasteiger partial charge in [-0.2, -0.15) is 0 Å². The minimum absolute atomic E-state index is 0.0575. The first kappa shape index (κ1) is 18.4. The number of ether oxygens (including phenoxy) is 2. The number of aliphatic hydroxyl groups is 1. The van der Waals surface area contributed by atoms with Gasteiger partial charge in [0.1, 0.15) is 17.2 Å². The Morgan fingerprint density at radius 2 is 1.92 bits per heavy atom. The van der Waals surface area contributed by atoms with Crippen molar-refractivity contribution in [3.05, 3.63) is 47.5 Å². The van der Waals surface area contributed by atoms with Crippen molar-refractivity contribution >= 4 is 11.7 Å². The van der Waals surface area contributed by atoms with E-state index in [9.17, 15) is 9.90 Å². The Hall–Kier alpha value is -2.93. The molecular weight excluding hydrogens is 324 g/mol. The predicted octanol–water partition coefficient (Wildman–Crippen LogP) is 2.27. The number of methoxy groups -OCH3 is 2. The first-order valence-corrected chi connectivity index (χ1v) is 7.76. The lowest BCUT2D eigenvalue weighted by molar-refractivity contribution is 0.252. The number of carbonyl (C=O) groups is 1. The molecule has 2 aromatic rings. The fourth-order valence-corrected chi connectivity index (χ4v) is 2.32. The Bertz CT molecular complexity index is 733. The third-order valence-corrected chi connectivity index (χ3v) is 3.67. The minimum atomic E-state index is -0.368. The number of aromatic hydroxyl groups is 1. The molecule has 7 nitrogen and oxygen atoms in total. The lowest BCUT2D eigenvalue weighted by Crippen LogP contribution is -2.30. The molecule has 4 N–H and O–H groups in total. The molecule has 7 heteroatoms. The minimum Gasteiger partial charge on any atom is -0.508 e. The third kappa shape index (κ3) is 5.02. The van der Waals surface area contributed by atoms with E-state index in [1.165, 1.54) is 13.2 Å². The zero-order valence-electron chi connectivity index (χ0n) is 14.2. The molecular formula is C18H22N2O5. The molecule has 0 aliphatic heterocycles. The predicted molar refractivity (Wildman–Crippen MR) is 94.3 cm³/mol. The summed E-state index contributed by atoms with van der Waals surface area (Å²) in [5, 5.41) is 24.2. The van der Waals surface area contributed by atoms with Crippen molar-refractivity contribution in [3.63, 3.8) is 0 Å². The Labute approximate surface area is 146 Å². The molecule has 0 unspecified atom stereocenters. The summed E-state index contributed by atoms with van der Waals surface area (Å²) in [5.41, 5.74) is 1.87. The highest BCUT2D eigenvalue weighted by atomic mass is 16.5. The number of carbonyl (C=O) groups excluding carboxylic acids is 1. The van der Waals surface area contributed by atoms with Gasteiger partial charge in [0.2, 0.25) is 0 Å². The molecule has 0 atom stereocenters. The van der Waals surface area contributed by atoms with Crippen molar-refractivity contribution in [2.75, 3.05) is 26.1 Å². The fraction of sp³-hybridized carbons (Fsp3) is 0.278. The summed E-state index contributed by atoms with van der Waals surface area (Å²) in [7, 11) is 3.07. The largest absolute Gasteiger partial charge is 0.508 e. The summed E-state index contributed by atoms with van der Waals surface area (Å²) in [6.07, 6.45) is 0.565. The van der Waals surface area contributed by atoms with Gasteiger partial charge < -0.3 is 30.3 Å². The van der Waals surface area contributed by atoms with Gasteiger partial charge in [-0.05, 0) is 36.2 Å². The molecule has 0 saturated carbocycles. The Morgan fingerprint density at radius 1 is 1.12 bits per heavy atom. The number of rotatable bonds is 7. The van der Waals surface area contributed by atoms with Crippen LogP contribution in [-0.2, 0) is 13.0 Å². The molecule has 0 bridgehead atoms. The average Bonchev–Trinajstić information content (AvgIpc) is 2.63.